The third-order valence-corrected chi connectivity index (χ3v) is 2.82. The molecule has 1 rings (SSSR count). The van der Waals surface area contributed by atoms with Crippen molar-refractivity contribution in [3.8, 4) is 11.8 Å². The van der Waals surface area contributed by atoms with E-state index in [1.54, 1.807) is 0 Å². The summed E-state index contributed by atoms with van der Waals surface area (Å²) in [6.45, 7) is 2.63. The van der Waals surface area contributed by atoms with E-state index in [2.05, 4.69) is 47.7 Å². The van der Waals surface area contributed by atoms with Crippen molar-refractivity contribution in [2.75, 3.05) is 18.6 Å². The molecule has 0 heterocycles. The molecule has 1 N–H and O–H groups in total. The fraction of sp³-hybridized carbons (Fsp3) is 0.385. The van der Waals surface area contributed by atoms with E-state index in [-0.39, 0.29) is 0 Å². The monoisotopic (exact) mass is 219 g/mol. The van der Waals surface area contributed by atoms with Crippen LogP contribution in [-0.4, -0.2) is 18.6 Å². The third kappa shape index (κ3) is 4.42. The van der Waals surface area contributed by atoms with Gasteiger partial charge in [-0.3, -0.25) is 5.32 Å². The van der Waals surface area contributed by atoms with Gasteiger partial charge in [-0.25, -0.2) is 0 Å². The number of rotatable bonds is 5. The van der Waals surface area contributed by atoms with Crippen molar-refractivity contribution in [2.24, 2.45) is 0 Å². The smallest absolute Gasteiger partial charge is 0.0581 e. The summed E-state index contributed by atoms with van der Waals surface area (Å²) in [5.74, 6) is 7.01. The lowest BCUT2D eigenvalue weighted by Gasteiger charge is -2.16. The molecule has 80 valence electrons. The molecule has 0 aliphatic heterocycles. The molecule has 0 fully saturated rings. The van der Waals surface area contributed by atoms with Crippen LogP contribution in [0, 0.1) is 11.8 Å². The van der Waals surface area contributed by atoms with Crippen LogP contribution in [0.3, 0.4) is 0 Å². The van der Waals surface area contributed by atoms with Gasteiger partial charge in [0, 0.05) is 11.8 Å². The van der Waals surface area contributed by atoms with E-state index >= 15 is 0 Å². The van der Waals surface area contributed by atoms with Gasteiger partial charge in [0.15, 0.2) is 0 Å². The lowest BCUT2D eigenvalue weighted by Crippen LogP contribution is -2.23. The Morgan fingerprint density at radius 1 is 1.33 bits per heavy atom. The normalized spacial score (nSPS) is 11.6. The van der Waals surface area contributed by atoms with Crippen molar-refractivity contribution in [3.63, 3.8) is 0 Å². The Morgan fingerprint density at radius 3 is 2.67 bits per heavy atom. The van der Waals surface area contributed by atoms with Crippen LogP contribution in [0.2, 0.25) is 0 Å². The minimum atomic E-state index is 0.405. The Balaban J connectivity index is 2.60. The molecule has 1 aromatic carbocycles. The van der Waals surface area contributed by atoms with Crippen LogP contribution in [0.5, 0.6) is 0 Å². The number of nitrogens with one attached hydrogen (secondary N) is 1. The van der Waals surface area contributed by atoms with E-state index in [1.807, 2.05) is 24.8 Å². The van der Waals surface area contributed by atoms with Crippen molar-refractivity contribution >= 4 is 11.8 Å². The maximum atomic E-state index is 3.44. The van der Waals surface area contributed by atoms with E-state index in [0.29, 0.717) is 6.04 Å². The predicted octanol–water partition coefficient (Wildman–Crippen LogP) is 2.70. The first-order valence-electron chi connectivity index (χ1n) is 5.05. The summed E-state index contributed by atoms with van der Waals surface area (Å²) in [5, 5.41) is 3.44. The van der Waals surface area contributed by atoms with E-state index < -0.39 is 0 Å². The molecule has 0 aromatic heterocycles. The maximum absolute atomic E-state index is 3.44. The zero-order valence-corrected chi connectivity index (χ0v) is 10.1. The van der Waals surface area contributed by atoms with Gasteiger partial charge < -0.3 is 0 Å². The first kappa shape index (κ1) is 12.2. The fourth-order valence-electron chi connectivity index (χ4n) is 1.39. The Morgan fingerprint density at radius 2 is 2.07 bits per heavy atom. The Bertz CT molecular complexity index is 323. The molecule has 1 unspecified atom stereocenters. The van der Waals surface area contributed by atoms with Crippen molar-refractivity contribution < 1.29 is 0 Å². The maximum Gasteiger partial charge on any atom is 0.0581 e. The highest BCUT2D eigenvalue weighted by Crippen LogP contribution is 2.16. The van der Waals surface area contributed by atoms with Gasteiger partial charge in [-0.1, -0.05) is 36.3 Å². The van der Waals surface area contributed by atoms with Gasteiger partial charge in [0.2, 0.25) is 0 Å². The first-order chi connectivity index (χ1) is 7.38. The molecule has 0 radical (unpaired) electrons. The Labute approximate surface area is 96.7 Å². The lowest BCUT2D eigenvalue weighted by molar-refractivity contribution is 0.632. The summed E-state index contributed by atoms with van der Waals surface area (Å²) in [6.07, 6.45) is 2.13. The van der Waals surface area contributed by atoms with Gasteiger partial charge in [0.25, 0.3) is 0 Å². The molecule has 0 aliphatic rings. The summed E-state index contributed by atoms with van der Waals surface area (Å²) < 4.78 is 0. The van der Waals surface area contributed by atoms with Crippen LogP contribution < -0.4 is 5.32 Å². The molecule has 1 nitrogen and oxygen atoms in total. The molecule has 0 spiro atoms. The summed E-state index contributed by atoms with van der Waals surface area (Å²) >= 11 is 1.85. The van der Waals surface area contributed by atoms with E-state index in [1.165, 1.54) is 5.56 Å². The second-order valence-corrected chi connectivity index (χ2v) is 4.14. The minimum Gasteiger partial charge on any atom is -0.298 e. The van der Waals surface area contributed by atoms with Crippen LogP contribution in [0.1, 0.15) is 18.5 Å². The predicted molar refractivity (Wildman–Crippen MR) is 69.0 cm³/mol. The number of hydrogen-bond acceptors (Lipinski definition) is 2. The van der Waals surface area contributed by atoms with Crippen LogP contribution in [-0.2, 0) is 0 Å². The van der Waals surface area contributed by atoms with Crippen LogP contribution in [0.4, 0.5) is 0 Å². The number of hydrogen-bond donors (Lipinski definition) is 1. The highest BCUT2D eigenvalue weighted by Gasteiger charge is 2.08. The fourth-order valence-corrected chi connectivity index (χ4v) is 2.03. The topological polar surface area (TPSA) is 12.0 Å². The second kappa shape index (κ2) is 7.39. The number of thioether (sulfide) groups is 1. The zero-order chi connectivity index (χ0) is 10.9. The van der Waals surface area contributed by atoms with Crippen molar-refractivity contribution in [1.29, 1.82) is 0 Å². The van der Waals surface area contributed by atoms with Gasteiger partial charge >= 0.3 is 0 Å². The largest absolute Gasteiger partial charge is 0.298 e. The van der Waals surface area contributed by atoms with Gasteiger partial charge in [0.05, 0.1) is 6.54 Å². The Kier molecular flexibility index (Phi) is 5.99. The van der Waals surface area contributed by atoms with Crippen LogP contribution >= 0.6 is 11.8 Å². The molecular weight excluding hydrogens is 202 g/mol. The minimum absolute atomic E-state index is 0.405. The van der Waals surface area contributed by atoms with Crippen molar-refractivity contribution in [3.05, 3.63) is 35.9 Å². The van der Waals surface area contributed by atoms with Gasteiger partial charge in [0.1, 0.15) is 0 Å². The summed E-state index contributed by atoms with van der Waals surface area (Å²) in [6, 6.07) is 10.9. The average Bonchev–Trinajstić information content (AvgIpc) is 2.29. The molecule has 0 amide bonds. The summed E-state index contributed by atoms with van der Waals surface area (Å²) in [4.78, 5) is 0. The molecular formula is C13H17NS. The van der Waals surface area contributed by atoms with E-state index in [4.69, 9.17) is 0 Å². The molecule has 2 heteroatoms. The highest BCUT2D eigenvalue weighted by molar-refractivity contribution is 7.98. The van der Waals surface area contributed by atoms with E-state index in [0.717, 1.165) is 12.3 Å². The molecule has 0 saturated heterocycles. The standard InChI is InChI=1S/C13H17NS/c1-3-4-10-14-13(11-15-2)12-8-6-5-7-9-12/h5-9,13-14H,10-11H2,1-2H3. The van der Waals surface area contributed by atoms with Crippen molar-refractivity contribution in [2.45, 2.75) is 13.0 Å². The SMILES string of the molecule is CC#CCNC(CSC)c1ccccc1. The average molecular weight is 219 g/mol. The first-order valence-corrected chi connectivity index (χ1v) is 6.44. The van der Waals surface area contributed by atoms with Crippen LogP contribution in [0.25, 0.3) is 0 Å². The van der Waals surface area contributed by atoms with Crippen molar-refractivity contribution in [1.82, 2.24) is 5.32 Å². The second-order valence-electron chi connectivity index (χ2n) is 3.23. The summed E-state index contributed by atoms with van der Waals surface area (Å²) in [5.41, 5.74) is 1.34. The zero-order valence-electron chi connectivity index (χ0n) is 9.29. The molecule has 0 bridgehead atoms. The molecule has 1 atom stereocenters. The molecule has 0 saturated carbocycles. The molecule has 15 heavy (non-hydrogen) atoms. The van der Waals surface area contributed by atoms with E-state index in [9.17, 15) is 0 Å². The lowest BCUT2D eigenvalue weighted by atomic mass is 10.1. The third-order valence-electron chi connectivity index (χ3n) is 2.15. The number of benzene rings is 1. The summed E-state index contributed by atoms with van der Waals surface area (Å²) in [7, 11) is 0. The molecule has 0 aliphatic carbocycles. The van der Waals surface area contributed by atoms with Crippen LogP contribution in [0.15, 0.2) is 30.3 Å². The Hall–Kier alpha value is -0.910. The molecule has 1 aromatic rings. The highest BCUT2D eigenvalue weighted by atomic mass is 32.2. The quantitative estimate of drug-likeness (QED) is 0.764. The van der Waals surface area contributed by atoms with Gasteiger partial charge in [-0.05, 0) is 18.7 Å². The van der Waals surface area contributed by atoms with Gasteiger partial charge in [-0.15, -0.1) is 5.92 Å². The van der Waals surface area contributed by atoms with Gasteiger partial charge in [-0.2, -0.15) is 11.8 Å².